The fourth-order valence-corrected chi connectivity index (χ4v) is 2.04. The van der Waals surface area contributed by atoms with Gasteiger partial charge in [-0.3, -0.25) is 0 Å². The predicted octanol–water partition coefficient (Wildman–Crippen LogP) is 2.92. The van der Waals surface area contributed by atoms with Crippen LogP contribution in [0.1, 0.15) is 22.3 Å². The first kappa shape index (κ1) is 13.7. The van der Waals surface area contributed by atoms with Crippen LogP contribution >= 0.6 is 0 Å². The Balaban J connectivity index is 1.94. The molecule has 0 fully saturated rings. The lowest BCUT2D eigenvalue weighted by Crippen LogP contribution is -2.14. The maximum absolute atomic E-state index is 13.1. The minimum Gasteiger partial charge on any atom is -0.392 e. The van der Waals surface area contributed by atoms with Gasteiger partial charge in [-0.2, -0.15) is 0 Å². The smallest absolute Gasteiger partial charge is 0.126 e. The molecule has 3 heteroatoms. The number of hydrogen-bond acceptors (Lipinski definition) is 2. The van der Waals surface area contributed by atoms with Crippen molar-refractivity contribution < 1.29 is 9.50 Å². The highest BCUT2D eigenvalue weighted by Crippen LogP contribution is 2.11. The summed E-state index contributed by atoms with van der Waals surface area (Å²) in [5.41, 5.74) is 3.74. The quantitative estimate of drug-likeness (QED) is 0.865. The second kappa shape index (κ2) is 6.45. The third-order valence-electron chi connectivity index (χ3n) is 3.16. The molecule has 0 aliphatic carbocycles. The van der Waals surface area contributed by atoms with E-state index in [1.54, 1.807) is 13.0 Å². The van der Waals surface area contributed by atoms with Gasteiger partial charge >= 0.3 is 0 Å². The maximum atomic E-state index is 13.1. The summed E-state index contributed by atoms with van der Waals surface area (Å²) < 4.78 is 13.1. The van der Waals surface area contributed by atoms with Crippen molar-refractivity contribution in [3.8, 4) is 0 Å². The lowest BCUT2D eigenvalue weighted by Gasteiger charge is -2.09. The number of rotatable bonds is 5. The van der Waals surface area contributed by atoms with Crippen molar-refractivity contribution in [2.24, 2.45) is 0 Å². The Labute approximate surface area is 112 Å². The fourth-order valence-electron chi connectivity index (χ4n) is 2.04. The number of aliphatic hydroxyl groups excluding tert-OH is 1. The van der Waals surface area contributed by atoms with Crippen LogP contribution in [0.2, 0.25) is 0 Å². The summed E-state index contributed by atoms with van der Waals surface area (Å²) in [4.78, 5) is 0. The zero-order valence-electron chi connectivity index (χ0n) is 11.0. The van der Waals surface area contributed by atoms with Crippen molar-refractivity contribution in [3.63, 3.8) is 0 Å². The van der Waals surface area contributed by atoms with Gasteiger partial charge in [0.1, 0.15) is 5.82 Å². The lowest BCUT2D eigenvalue weighted by atomic mass is 10.1. The van der Waals surface area contributed by atoms with Crippen LogP contribution in [0.4, 0.5) is 4.39 Å². The molecule has 0 atom stereocenters. The molecule has 2 rings (SSSR count). The summed E-state index contributed by atoms with van der Waals surface area (Å²) in [5.74, 6) is -0.172. The Morgan fingerprint density at radius 3 is 2.47 bits per heavy atom. The van der Waals surface area contributed by atoms with E-state index in [9.17, 15) is 9.50 Å². The summed E-state index contributed by atoms with van der Waals surface area (Å²) in [7, 11) is 0. The third-order valence-corrected chi connectivity index (χ3v) is 3.16. The summed E-state index contributed by atoms with van der Waals surface area (Å²) in [6.07, 6.45) is 0. The van der Waals surface area contributed by atoms with Gasteiger partial charge in [0.05, 0.1) is 6.61 Å². The molecule has 0 bridgehead atoms. The second-order valence-electron chi connectivity index (χ2n) is 4.61. The lowest BCUT2D eigenvalue weighted by molar-refractivity contribution is 0.280. The average molecular weight is 259 g/mol. The molecule has 2 aromatic carbocycles. The van der Waals surface area contributed by atoms with E-state index < -0.39 is 0 Å². The van der Waals surface area contributed by atoms with E-state index in [0.29, 0.717) is 18.7 Å². The molecule has 100 valence electrons. The van der Waals surface area contributed by atoms with Crippen molar-refractivity contribution in [3.05, 3.63) is 70.5 Å². The molecule has 0 unspecified atom stereocenters. The molecule has 2 nitrogen and oxygen atoms in total. The van der Waals surface area contributed by atoms with Crippen molar-refractivity contribution in [1.82, 2.24) is 5.32 Å². The first-order valence-electron chi connectivity index (χ1n) is 6.34. The monoisotopic (exact) mass is 259 g/mol. The van der Waals surface area contributed by atoms with E-state index >= 15 is 0 Å². The van der Waals surface area contributed by atoms with E-state index in [4.69, 9.17) is 0 Å². The average Bonchev–Trinajstić information content (AvgIpc) is 2.43. The molecule has 0 heterocycles. The van der Waals surface area contributed by atoms with Crippen molar-refractivity contribution in [2.75, 3.05) is 0 Å². The third kappa shape index (κ3) is 3.63. The minimum atomic E-state index is -0.172. The Bertz CT molecular complexity index is 554. The number of aliphatic hydroxyl groups is 1. The molecule has 0 spiro atoms. The van der Waals surface area contributed by atoms with Crippen LogP contribution in [0.3, 0.4) is 0 Å². The van der Waals surface area contributed by atoms with Crippen molar-refractivity contribution in [1.29, 1.82) is 0 Å². The molecule has 0 saturated carbocycles. The normalized spacial score (nSPS) is 10.7. The van der Waals surface area contributed by atoms with Gasteiger partial charge in [-0.15, -0.1) is 0 Å². The highest BCUT2D eigenvalue weighted by molar-refractivity contribution is 5.27. The Morgan fingerprint density at radius 2 is 1.79 bits per heavy atom. The molecule has 0 aromatic heterocycles. The number of benzene rings is 2. The molecule has 0 radical (unpaired) electrons. The van der Waals surface area contributed by atoms with Gasteiger partial charge in [0, 0.05) is 13.1 Å². The summed E-state index contributed by atoms with van der Waals surface area (Å²) >= 11 is 0. The van der Waals surface area contributed by atoms with Gasteiger partial charge < -0.3 is 10.4 Å². The van der Waals surface area contributed by atoms with Crippen molar-refractivity contribution in [2.45, 2.75) is 26.6 Å². The molecule has 2 aromatic rings. The van der Waals surface area contributed by atoms with E-state index in [-0.39, 0.29) is 12.4 Å². The standard InChI is InChI=1S/C16H18FNO/c1-12-8-13(6-7-16(12)17)9-18-10-14-4-2-3-5-15(14)11-19/h2-8,18-19H,9-11H2,1H3. The summed E-state index contributed by atoms with van der Waals surface area (Å²) in [6.45, 7) is 3.18. The van der Waals surface area contributed by atoms with Crippen molar-refractivity contribution >= 4 is 0 Å². The van der Waals surface area contributed by atoms with Crippen LogP contribution in [0, 0.1) is 12.7 Å². The predicted molar refractivity (Wildman–Crippen MR) is 74.0 cm³/mol. The SMILES string of the molecule is Cc1cc(CNCc2ccccc2CO)ccc1F. The van der Waals surface area contributed by atoms with Crippen LogP contribution in [0.15, 0.2) is 42.5 Å². The van der Waals surface area contributed by atoms with Crippen LogP contribution in [-0.2, 0) is 19.7 Å². The number of nitrogens with one attached hydrogen (secondary N) is 1. The molecular formula is C16H18FNO. The largest absolute Gasteiger partial charge is 0.392 e. The Hall–Kier alpha value is -1.71. The number of halogens is 1. The second-order valence-corrected chi connectivity index (χ2v) is 4.61. The van der Waals surface area contributed by atoms with Gasteiger partial charge in [-0.25, -0.2) is 4.39 Å². The molecule has 2 N–H and O–H groups in total. The van der Waals surface area contributed by atoms with Crippen LogP contribution in [0.5, 0.6) is 0 Å². The topological polar surface area (TPSA) is 32.3 Å². The zero-order chi connectivity index (χ0) is 13.7. The Kier molecular flexibility index (Phi) is 4.66. The van der Waals surface area contributed by atoms with Gasteiger partial charge in [0.2, 0.25) is 0 Å². The van der Waals surface area contributed by atoms with E-state index in [1.807, 2.05) is 30.3 Å². The Morgan fingerprint density at radius 1 is 1.05 bits per heavy atom. The number of aryl methyl sites for hydroxylation is 1. The van der Waals surface area contributed by atoms with E-state index in [2.05, 4.69) is 5.32 Å². The molecule has 0 saturated heterocycles. The first-order chi connectivity index (χ1) is 9.20. The van der Waals surface area contributed by atoms with E-state index in [1.165, 1.54) is 6.07 Å². The van der Waals surface area contributed by atoms with Crippen LogP contribution in [-0.4, -0.2) is 5.11 Å². The molecule has 0 aliphatic rings. The highest BCUT2D eigenvalue weighted by atomic mass is 19.1. The van der Waals surface area contributed by atoms with E-state index in [0.717, 1.165) is 16.7 Å². The molecule has 0 amide bonds. The van der Waals surface area contributed by atoms with Crippen LogP contribution < -0.4 is 5.32 Å². The van der Waals surface area contributed by atoms with Crippen LogP contribution in [0.25, 0.3) is 0 Å². The molecule has 0 aliphatic heterocycles. The summed E-state index contributed by atoms with van der Waals surface area (Å²) in [6, 6.07) is 12.9. The molecule has 19 heavy (non-hydrogen) atoms. The van der Waals surface area contributed by atoms with Gasteiger partial charge in [0.15, 0.2) is 0 Å². The van der Waals surface area contributed by atoms with Gasteiger partial charge in [0.25, 0.3) is 0 Å². The van der Waals surface area contributed by atoms with Gasteiger partial charge in [-0.1, -0.05) is 36.4 Å². The number of hydrogen-bond donors (Lipinski definition) is 2. The van der Waals surface area contributed by atoms with Gasteiger partial charge in [-0.05, 0) is 35.2 Å². The summed E-state index contributed by atoms with van der Waals surface area (Å²) in [5, 5.41) is 12.5. The molecular weight excluding hydrogens is 241 g/mol. The minimum absolute atomic E-state index is 0.0491. The zero-order valence-corrected chi connectivity index (χ0v) is 11.0. The first-order valence-corrected chi connectivity index (χ1v) is 6.34. The fraction of sp³-hybridized carbons (Fsp3) is 0.250. The highest BCUT2D eigenvalue weighted by Gasteiger charge is 2.01. The maximum Gasteiger partial charge on any atom is 0.126 e.